The average molecular weight is 229 g/mol. The topological polar surface area (TPSA) is 69.4 Å². The number of hydrogen-bond acceptors (Lipinski definition) is 4. The lowest BCUT2D eigenvalue weighted by molar-refractivity contribution is 0.109. The van der Waals surface area contributed by atoms with E-state index in [1.165, 1.54) is 7.11 Å². The standard InChI is InChI=1S/C10H15NO3S/c1-3-15(12,13)9-6-4-8(5-7-9)10(11)14-2/h4-7,10H,3,11H2,1-2H3. The van der Waals surface area contributed by atoms with E-state index in [1.54, 1.807) is 31.2 Å². The van der Waals surface area contributed by atoms with E-state index in [4.69, 9.17) is 10.5 Å². The third-order valence-electron chi connectivity index (χ3n) is 2.20. The molecule has 0 saturated carbocycles. The zero-order chi connectivity index (χ0) is 11.5. The molecule has 1 rings (SSSR count). The predicted octanol–water partition coefficient (Wildman–Crippen LogP) is 1.08. The van der Waals surface area contributed by atoms with E-state index in [0.29, 0.717) is 4.90 Å². The molecule has 0 bridgehead atoms. The summed E-state index contributed by atoms with van der Waals surface area (Å²) in [5.74, 6) is 0.0999. The molecule has 5 heteroatoms. The highest BCUT2D eigenvalue weighted by Gasteiger charge is 2.12. The molecule has 0 heterocycles. The zero-order valence-corrected chi connectivity index (χ0v) is 9.62. The van der Waals surface area contributed by atoms with Gasteiger partial charge in [-0.3, -0.25) is 0 Å². The summed E-state index contributed by atoms with van der Waals surface area (Å²) in [6, 6.07) is 6.42. The van der Waals surface area contributed by atoms with E-state index in [9.17, 15) is 8.42 Å². The lowest BCUT2D eigenvalue weighted by atomic mass is 10.2. The van der Waals surface area contributed by atoms with Gasteiger partial charge in [0.25, 0.3) is 0 Å². The molecular weight excluding hydrogens is 214 g/mol. The van der Waals surface area contributed by atoms with Gasteiger partial charge in [-0.05, 0) is 17.7 Å². The first-order valence-corrected chi connectivity index (χ1v) is 6.27. The SMILES string of the molecule is CCS(=O)(=O)c1ccc(C(N)OC)cc1. The Bertz CT molecular complexity index is 411. The van der Waals surface area contributed by atoms with Crippen molar-refractivity contribution in [3.05, 3.63) is 29.8 Å². The van der Waals surface area contributed by atoms with Gasteiger partial charge in [0.15, 0.2) is 9.84 Å². The fourth-order valence-electron chi connectivity index (χ4n) is 1.17. The first-order valence-electron chi connectivity index (χ1n) is 4.62. The summed E-state index contributed by atoms with van der Waals surface area (Å²) in [7, 11) is -1.63. The van der Waals surface area contributed by atoms with Crippen LogP contribution in [0.5, 0.6) is 0 Å². The maximum atomic E-state index is 11.5. The van der Waals surface area contributed by atoms with Crippen LogP contribution in [0.4, 0.5) is 0 Å². The van der Waals surface area contributed by atoms with Crippen molar-refractivity contribution in [2.75, 3.05) is 12.9 Å². The quantitative estimate of drug-likeness (QED) is 0.784. The Hall–Kier alpha value is -0.910. The van der Waals surface area contributed by atoms with Crippen LogP contribution in [0.1, 0.15) is 18.7 Å². The highest BCUT2D eigenvalue weighted by atomic mass is 32.2. The molecule has 0 amide bonds. The van der Waals surface area contributed by atoms with E-state index in [-0.39, 0.29) is 5.75 Å². The molecule has 1 unspecified atom stereocenters. The van der Waals surface area contributed by atoms with Gasteiger partial charge in [-0.25, -0.2) is 8.42 Å². The van der Waals surface area contributed by atoms with E-state index in [2.05, 4.69) is 0 Å². The van der Waals surface area contributed by atoms with Crippen LogP contribution >= 0.6 is 0 Å². The van der Waals surface area contributed by atoms with Gasteiger partial charge in [-0.1, -0.05) is 19.1 Å². The second kappa shape index (κ2) is 4.74. The molecule has 0 fully saturated rings. The number of hydrogen-bond donors (Lipinski definition) is 1. The van der Waals surface area contributed by atoms with E-state index >= 15 is 0 Å². The molecule has 84 valence electrons. The Morgan fingerprint density at radius 3 is 2.27 bits per heavy atom. The fraction of sp³-hybridized carbons (Fsp3) is 0.400. The van der Waals surface area contributed by atoms with Crippen molar-refractivity contribution >= 4 is 9.84 Å². The number of methoxy groups -OCH3 is 1. The summed E-state index contributed by atoms with van der Waals surface area (Å²) in [5, 5.41) is 0. The van der Waals surface area contributed by atoms with Crippen LogP contribution in [-0.2, 0) is 14.6 Å². The molecule has 0 saturated heterocycles. The van der Waals surface area contributed by atoms with Gasteiger partial charge in [0.1, 0.15) is 6.23 Å². The monoisotopic (exact) mass is 229 g/mol. The fourth-order valence-corrected chi connectivity index (χ4v) is 2.05. The molecule has 15 heavy (non-hydrogen) atoms. The zero-order valence-electron chi connectivity index (χ0n) is 8.80. The van der Waals surface area contributed by atoms with Crippen LogP contribution < -0.4 is 5.73 Å². The number of ether oxygens (including phenoxy) is 1. The summed E-state index contributed by atoms with van der Waals surface area (Å²) in [4.78, 5) is 0.317. The first-order chi connectivity index (χ1) is 7.01. The summed E-state index contributed by atoms with van der Waals surface area (Å²) < 4.78 is 27.9. The highest BCUT2D eigenvalue weighted by molar-refractivity contribution is 7.91. The molecule has 1 aromatic carbocycles. The van der Waals surface area contributed by atoms with Crippen molar-refractivity contribution < 1.29 is 13.2 Å². The molecular formula is C10H15NO3S. The Balaban J connectivity index is 3.00. The van der Waals surface area contributed by atoms with E-state index < -0.39 is 16.1 Å². The summed E-state index contributed by atoms with van der Waals surface area (Å²) in [6.07, 6.45) is -0.511. The van der Waals surface area contributed by atoms with Crippen molar-refractivity contribution in [3.63, 3.8) is 0 Å². The van der Waals surface area contributed by atoms with Gasteiger partial charge in [-0.2, -0.15) is 0 Å². The third kappa shape index (κ3) is 2.77. The minimum absolute atomic E-state index is 0.0999. The van der Waals surface area contributed by atoms with Gasteiger partial charge in [0, 0.05) is 7.11 Å². The molecule has 1 atom stereocenters. The Kier molecular flexibility index (Phi) is 3.84. The molecule has 0 aliphatic heterocycles. The van der Waals surface area contributed by atoms with Crippen LogP contribution in [0, 0.1) is 0 Å². The van der Waals surface area contributed by atoms with Crippen LogP contribution in [0.2, 0.25) is 0 Å². The maximum Gasteiger partial charge on any atom is 0.178 e. The summed E-state index contributed by atoms with van der Waals surface area (Å²) >= 11 is 0. The predicted molar refractivity (Wildman–Crippen MR) is 58.1 cm³/mol. The minimum atomic E-state index is -3.13. The second-order valence-electron chi connectivity index (χ2n) is 3.13. The molecule has 2 N–H and O–H groups in total. The number of rotatable bonds is 4. The van der Waals surface area contributed by atoms with Gasteiger partial charge < -0.3 is 10.5 Å². The first kappa shape index (κ1) is 12.2. The molecule has 1 aromatic rings. The highest BCUT2D eigenvalue weighted by Crippen LogP contribution is 2.16. The van der Waals surface area contributed by atoms with Gasteiger partial charge >= 0.3 is 0 Å². The van der Waals surface area contributed by atoms with Crippen molar-refractivity contribution in [3.8, 4) is 0 Å². The van der Waals surface area contributed by atoms with Crippen LogP contribution in [0.3, 0.4) is 0 Å². The Labute approximate surface area is 90.0 Å². The summed E-state index contributed by atoms with van der Waals surface area (Å²) in [6.45, 7) is 1.62. The Morgan fingerprint density at radius 2 is 1.87 bits per heavy atom. The molecule has 0 aliphatic rings. The molecule has 4 nitrogen and oxygen atoms in total. The van der Waals surface area contributed by atoms with Gasteiger partial charge in [-0.15, -0.1) is 0 Å². The lowest BCUT2D eigenvalue weighted by Crippen LogP contribution is -2.12. The molecule has 0 spiro atoms. The van der Waals surface area contributed by atoms with Crippen molar-refractivity contribution in [2.24, 2.45) is 5.73 Å². The molecule has 0 aliphatic carbocycles. The number of sulfone groups is 1. The smallest absolute Gasteiger partial charge is 0.178 e. The van der Waals surface area contributed by atoms with Gasteiger partial charge in [0.05, 0.1) is 10.6 Å². The second-order valence-corrected chi connectivity index (χ2v) is 5.41. The Morgan fingerprint density at radius 1 is 1.33 bits per heavy atom. The van der Waals surface area contributed by atoms with Crippen molar-refractivity contribution in [2.45, 2.75) is 18.0 Å². The number of benzene rings is 1. The average Bonchev–Trinajstić information content (AvgIpc) is 2.28. The van der Waals surface area contributed by atoms with E-state index in [0.717, 1.165) is 5.56 Å². The normalized spacial score (nSPS) is 13.8. The number of nitrogens with two attached hydrogens (primary N) is 1. The maximum absolute atomic E-state index is 11.5. The minimum Gasteiger partial charge on any atom is -0.363 e. The van der Waals surface area contributed by atoms with Crippen LogP contribution in [0.15, 0.2) is 29.2 Å². The molecule has 0 radical (unpaired) electrons. The largest absolute Gasteiger partial charge is 0.363 e. The third-order valence-corrected chi connectivity index (χ3v) is 3.95. The summed E-state index contributed by atoms with van der Waals surface area (Å²) in [5.41, 5.74) is 6.37. The lowest BCUT2D eigenvalue weighted by Gasteiger charge is -2.10. The molecule has 0 aromatic heterocycles. The van der Waals surface area contributed by atoms with Crippen LogP contribution in [-0.4, -0.2) is 21.3 Å². The van der Waals surface area contributed by atoms with E-state index in [1.807, 2.05) is 0 Å². The van der Waals surface area contributed by atoms with Gasteiger partial charge in [0.2, 0.25) is 0 Å². The van der Waals surface area contributed by atoms with Crippen molar-refractivity contribution in [1.82, 2.24) is 0 Å². The van der Waals surface area contributed by atoms with Crippen molar-refractivity contribution in [1.29, 1.82) is 0 Å². The van der Waals surface area contributed by atoms with Crippen LogP contribution in [0.25, 0.3) is 0 Å².